The van der Waals surface area contributed by atoms with E-state index in [0.29, 0.717) is 11.8 Å². The van der Waals surface area contributed by atoms with Gasteiger partial charge in [0, 0.05) is 29.6 Å². The number of carbonyl (C=O) groups is 3. The molecule has 2 bridgehead atoms. The summed E-state index contributed by atoms with van der Waals surface area (Å²) in [5, 5.41) is 2.45. The Labute approximate surface area is 224 Å². The topological polar surface area (TPSA) is 85.0 Å². The molecule has 4 heterocycles. The highest BCUT2D eigenvalue weighted by Crippen LogP contribution is 2.70. The maximum absolute atomic E-state index is 14.9. The van der Waals surface area contributed by atoms with Gasteiger partial charge in [-0.3, -0.25) is 19.7 Å². The molecule has 0 radical (unpaired) electrons. The Morgan fingerprint density at radius 3 is 2.45 bits per heavy atom. The van der Waals surface area contributed by atoms with Crippen LogP contribution in [-0.2, 0) is 25.5 Å². The van der Waals surface area contributed by atoms with E-state index in [2.05, 4.69) is 45.7 Å². The Bertz CT molecular complexity index is 1330. The van der Waals surface area contributed by atoms with Crippen molar-refractivity contribution < 1.29 is 23.9 Å². The number of hydrogen-bond donors (Lipinski definition) is 1. The predicted octanol–water partition coefficient (Wildman–Crippen LogP) is 4.43. The van der Waals surface area contributed by atoms with E-state index in [1.54, 1.807) is 0 Å². The largest absolute Gasteiger partial charge is 0.490 e. The number of benzene rings is 1. The number of morpholine rings is 1. The van der Waals surface area contributed by atoms with Crippen molar-refractivity contribution in [2.24, 2.45) is 46.3 Å². The van der Waals surface area contributed by atoms with Gasteiger partial charge in [0.05, 0.1) is 0 Å². The van der Waals surface area contributed by atoms with Crippen molar-refractivity contribution in [1.82, 2.24) is 5.32 Å². The molecule has 38 heavy (non-hydrogen) atoms. The number of Topliss-reactive ketones (excluding diaryl/α,β-unsaturated/α-hetero) is 1. The van der Waals surface area contributed by atoms with Crippen LogP contribution >= 0.6 is 0 Å². The molecule has 2 saturated heterocycles. The first-order valence-electron chi connectivity index (χ1n) is 14.1. The zero-order valence-corrected chi connectivity index (χ0v) is 22.9. The summed E-state index contributed by atoms with van der Waals surface area (Å²) in [6, 6.07) is 7.77. The molecule has 0 spiro atoms. The summed E-state index contributed by atoms with van der Waals surface area (Å²) >= 11 is 0. The Balaban J connectivity index is 1.50. The number of allylic oxidation sites excluding steroid dienone is 3. The van der Waals surface area contributed by atoms with Crippen molar-refractivity contribution in [3.63, 3.8) is 0 Å². The second-order valence-corrected chi connectivity index (χ2v) is 13.7. The Kier molecular flexibility index (Phi) is 4.65. The molecule has 1 N–H and O–H groups in total. The van der Waals surface area contributed by atoms with E-state index < -0.39 is 34.3 Å². The van der Waals surface area contributed by atoms with Gasteiger partial charge in [0.15, 0.2) is 11.4 Å². The molecule has 11 unspecified atom stereocenters. The summed E-state index contributed by atoms with van der Waals surface area (Å²) in [5.74, 6) is -0.132. The maximum Gasteiger partial charge on any atom is 0.270 e. The second kappa shape index (κ2) is 7.26. The minimum absolute atomic E-state index is 0.0684. The number of imide groups is 1. The third kappa shape index (κ3) is 2.65. The number of ketones is 1. The Morgan fingerprint density at radius 1 is 1.05 bits per heavy atom. The predicted molar refractivity (Wildman–Crippen MR) is 141 cm³/mol. The van der Waals surface area contributed by atoms with Gasteiger partial charge in [-0.2, -0.15) is 0 Å². The van der Waals surface area contributed by atoms with Crippen molar-refractivity contribution in [2.75, 3.05) is 0 Å². The molecule has 200 valence electrons. The first-order chi connectivity index (χ1) is 17.9. The van der Waals surface area contributed by atoms with Crippen molar-refractivity contribution >= 4 is 17.6 Å². The third-order valence-corrected chi connectivity index (χ3v) is 11.3. The lowest BCUT2D eigenvalue weighted by Gasteiger charge is -2.50. The molecule has 4 fully saturated rings. The van der Waals surface area contributed by atoms with Crippen LogP contribution in [0, 0.1) is 46.3 Å². The molecule has 1 aromatic carbocycles. The fourth-order valence-corrected chi connectivity index (χ4v) is 10.3. The number of nitrogens with one attached hydrogen (secondary N) is 1. The molecule has 8 rings (SSSR count). The number of carbonyl (C=O) groups excluding carboxylic acids is 3. The summed E-state index contributed by atoms with van der Waals surface area (Å²) in [6.45, 7) is 15.4. The average Bonchev–Trinajstić information content (AvgIpc) is 3.39. The van der Waals surface area contributed by atoms with Crippen molar-refractivity contribution in [1.29, 1.82) is 0 Å². The van der Waals surface area contributed by atoms with Crippen LogP contribution < -0.4 is 10.1 Å². The smallest absolute Gasteiger partial charge is 0.270 e. The first kappa shape index (κ1) is 24.3. The monoisotopic (exact) mass is 515 g/mol. The van der Waals surface area contributed by atoms with Gasteiger partial charge in [-0.15, -0.1) is 6.58 Å². The lowest BCUT2D eigenvalue weighted by Crippen LogP contribution is -2.54. The fraction of sp³-hybridized carbons (Fsp3) is 0.594. The van der Waals surface area contributed by atoms with E-state index in [4.69, 9.17) is 9.47 Å². The SMILES string of the molecule is C=CC1(C)C=C(C)C2C3C(Oc4ccc(cc4)CC45OC4(C(=O)NC5=O)C(=O)C31)C1C(C)CC(C)CC21C. The van der Waals surface area contributed by atoms with Crippen LogP contribution in [0.5, 0.6) is 5.75 Å². The first-order valence-corrected chi connectivity index (χ1v) is 14.1. The molecule has 3 aliphatic carbocycles. The zero-order valence-electron chi connectivity index (χ0n) is 22.9. The number of fused-ring (bicyclic) bond motifs is 4. The van der Waals surface area contributed by atoms with Crippen LogP contribution in [0.15, 0.2) is 48.6 Å². The van der Waals surface area contributed by atoms with Crippen LogP contribution in [0.1, 0.15) is 53.0 Å². The van der Waals surface area contributed by atoms with E-state index in [1.165, 1.54) is 5.57 Å². The minimum Gasteiger partial charge on any atom is -0.490 e. The third-order valence-electron chi connectivity index (χ3n) is 11.3. The highest BCUT2D eigenvalue weighted by Gasteiger charge is 2.88. The van der Waals surface area contributed by atoms with E-state index in [1.807, 2.05) is 37.3 Å². The second-order valence-electron chi connectivity index (χ2n) is 13.7. The molecular weight excluding hydrogens is 478 g/mol. The van der Waals surface area contributed by atoms with Crippen LogP contribution in [-0.4, -0.2) is 34.9 Å². The number of amides is 2. The van der Waals surface area contributed by atoms with E-state index in [-0.39, 0.29) is 41.5 Å². The normalized spacial score (nSPS) is 50.3. The van der Waals surface area contributed by atoms with Gasteiger partial charge in [-0.25, -0.2) is 0 Å². The zero-order chi connectivity index (χ0) is 27.0. The molecule has 11 atom stereocenters. The summed E-state index contributed by atoms with van der Waals surface area (Å²) in [6.07, 6.45) is 6.16. The molecule has 1 aromatic rings. The van der Waals surface area contributed by atoms with Gasteiger partial charge in [-0.05, 0) is 60.6 Å². The standard InChI is InChI=1S/C32H37NO5/c1-7-29(5)14-18(4)22-21-24(29)26(34)32-28(36)33-27(35)31(32,38-32)15-19-8-10-20(11-9-19)37-25(21)23-17(3)12-16(2)13-30(22,23)6/h7-11,14,16-17,21-25H,1,12-13,15H2,2-6H3,(H,33,35,36). The Morgan fingerprint density at radius 2 is 1.76 bits per heavy atom. The molecule has 7 aliphatic rings. The quantitative estimate of drug-likeness (QED) is 0.259. The van der Waals surface area contributed by atoms with Gasteiger partial charge in [0.1, 0.15) is 11.9 Å². The maximum atomic E-state index is 14.9. The highest BCUT2D eigenvalue weighted by molar-refractivity contribution is 6.29. The van der Waals surface area contributed by atoms with E-state index in [9.17, 15) is 14.4 Å². The van der Waals surface area contributed by atoms with Gasteiger partial charge >= 0.3 is 0 Å². The number of ether oxygens (including phenoxy) is 2. The molecule has 0 aromatic heterocycles. The van der Waals surface area contributed by atoms with Gasteiger partial charge in [0.25, 0.3) is 11.8 Å². The van der Waals surface area contributed by atoms with Gasteiger partial charge < -0.3 is 9.47 Å². The highest BCUT2D eigenvalue weighted by atomic mass is 16.7. The summed E-state index contributed by atoms with van der Waals surface area (Å²) in [4.78, 5) is 41.6. The van der Waals surface area contributed by atoms with Crippen LogP contribution in [0.25, 0.3) is 0 Å². The average molecular weight is 516 g/mol. The van der Waals surface area contributed by atoms with E-state index >= 15 is 0 Å². The van der Waals surface area contributed by atoms with Crippen LogP contribution in [0.4, 0.5) is 0 Å². The fourth-order valence-electron chi connectivity index (χ4n) is 10.3. The summed E-state index contributed by atoms with van der Waals surface area (Å²) < 4.78 is 13.1. The number of hydrogen-bond acceptors (Lipinski definition) is 5. The van der Waals surface area contributed by atoms with Crippen LogP contribution in [0.3, 0.4) is 0 Å². The summed E-state index contributed by atoms with van der Waals surface area (Å²) in [7, 11) is 0. The lowest BCUT2D eigenvalue weighted by atomic mass is 9.53. The molecule has 4 aliphatic heterocycles. The lowest BCUT2D eigenvalue weighted by molar-refractivity contribution is -0.143. The van der Waals surface area contributed by atoms with Gasteiger partial charge in [-0.1, -0.05) is 57.6 Å². The molecule has 6 heteroatoms. The number of epoxide rings is 1. The van der Waals surface area contributed by atoms with Gasteiger partial charge in [0.2, 0.25) is 5.60 Å². The molecule has 6 nitrogen and oxygen atoms in total. The Hall–Kier alpha value is -2.73. The molecule has 2 saturated carbocycles. The molecular formula is C32H37NO5. The van der Waals surface area contributed by atoms with Crippen molar-refractivity contribution in [2.45, 2.75) is 71.2 Å². The van der Waals surface area contributed by atoms with E-state index in [0.717, 1.165) is 24.2 Å². The minimum atomic E-state index is -1.81. The van der Waals surface area contributed by atoms with Crippen molar-refractivity contribution in [3.05, 3.63) is 54.1 Å². The number of rotatable bonds is 1. The summed E-state index contributed by atoms with van der Waals surface area (Å²) in [5.41, 5.74) is -2.00. The molecule has 2 amide bonds. The van der Waals surface area contributed by atoms with Crippen molar-refractivity contribution in [3.8, 4) is 5.75 Å². The van der Waals surface area contributed by atoms with Crippen LogP contribution in [0.2, 0.25) is 0 Å².